The third kappa shape index (κ3) is 3.48. The van der Waals surface area contributed by atoms with Gasteiger partial charge < -0.3 is 11.5 Å². The third-order valence-corrected chi connectivity index (χ3v) is 4.44. The van der Waals surface area contributed by atoms with Gasteiger partial charge in [-0.1, -0.05) is 0 Å². The van der Waals surface area contributed by atoms with Gasteiger partial charge in [-0.15, -0.1) is 0 Å². The molecule has 0 atom stereocenters. The van der Waals surface area contributed by atoms with Crippen molar-refractivity contribution in [1.29, 1.82) is 0 Å². The van der Waals surface area contributed by atoms with Gasteiger partial charge >= 0.3 is 29.6 Å². The Morgan fingerprint density at radius 3 is 1.86 bits per heavy atom. The summed E-state index contributed by atoms with van der Waals surface area (Å²) in [6, 6.07) is 4.21. The second-order valence-corrected chi connectivity index (χ2v) is 6.82. The van der Waals surface area contributed by atoms with E-state index < -0.39 is 30.0 Å². The van der Waals surface area contributed by atoms with Crippen molar-refractivity contribution in [3.63, 3.8) is 0 Å². The zero-order valence-corrected chi connectivity index (χ0v) is 14.4. The number of hydrogen-bond donors (Lipinski definition) is 4. The van der Waals surface area contributed by atoms with Gasteiger partial charge in [0.15, 0.2) is 0 Å². The number of hydrogen-bond acceptors (Lipinski definition) is 6. The zero-order valence-electron chi connectivity index (χ0n) is 10.8. The standard InChI is InChI=1S/C10H10N2O6S2.Na/c11-5-3-6-8(19(13,14)15)2-1-7(12)10(6)9(4-5)20(16,17)18;/h1-4H,11-12H2,(H,13,14,15)(H,16,17,18);/q;+1. The van der Waals surface area contributed by atoms with E-state index in [2.05, 4.69) is 0 Å². The molecule has 0 radical (unpaired) electrons. The molecule has 0 heterocycles. The molecular weight excluding hydrogens is 331 g/mol. The molecule has 6 N–H and O–H groups in total. The van der Waals surface area contributed by atoms with E-state index in [4.69, 9.17) is 16.0 Å². The van der Waals surface area contributed by atoms with Crippen LogP contribution in [0.4, 0.5) is 11.4 Å². The van der Waals surface area contributed by atoms with Gasteiger partial charge in [0, 0.05) is 22.1 Å². The molecule has 0 spiro atoms. The molecule has 0 unspecified atom stereocenters. The predicted octanol–water partition coefficient (Wildman–Crippen LogP) is -2.50. The molecule has 0 aliphatic rings. The summed E-state index contributed by atoms with van der Waals surface area (Å²) in [5.74, 6) is 0. The molecule has 2 aromatic carbocycles. The van der Waals surface area contributed by atoms with Gasteiger partial charge in [0.2, 0.25) is 0 Å². The van der Waals surface area contributed by atoms with Gasteiger partial charge in [-0.3, -0.25) is 9.11 Å². The second kappa shape index (κ2) is 5.72. The summed E-state index contributed by atoms with van der Waals surface area (Å²) in [4.78, 5) is -1.19. The van der Waals surface area contributed by atoms with Crippen LogP contribution in [0.5, 0.6) is 0 Å². The zero-order chi connectivity index (χ0) is 15.3. The van der Waals surface area contributed by atoms with Gasteiger partial charge in [0.05, 0.1) is 0 Å². The summed E-state index contributed by atoms with van der Waals surface area (Å²) in [5, 5.41) is -0.419. The molecule has 0 aromatic heterocycles. The average molecular weight is 341 g/mol. The maximum absolute atomic E-state index is 11.3. The molecule has 11 heteroatoms. The van der Waals surface area contributed by atoms with Crippen molar-refractivity contribution in [3.05, 3.63) is 24.3 Å². The number of rotatable bonds is 2. The Kier molecular flexibility index (Phi) is 4.95. The smallest absolute Gasteiger partial charge is 0.399 e. The molecular formula is C10H10N2NaO6S2+. The fraction of sp³-hybridized carbons (Fsp3) is 0. The van der Waals surface area contributed by atoms with Gasteiger partial charge in [-0.25, -0.2) is 0 Å². The van der Waals surface area contributed by atoms with Crippen LogP contribution < -0.4 is 41.0 Å². The maximum Gasteiger partial charge on any atom is 1.00 e. The van der Waals surface area contributed by atoms with E-state index >= 15 is 0 Å². The van der Waals surface area contributed by atoms with Crippen LogP contribution >= 0.6 is 0 Å². The van der Waals surface area contributed by atoms with Crippen LogP contribution in [0.25, 0.3) is 10.8 Å². The van der Waals surface area contributed by atoms with E-state index in [1.807, 2.05) is 0 Å². The van der Waals surface area contributed by atoms with Crippen molar-refractivity contribution >= 4 is 42.4 Å². The normalized spacial score (nSPS) is 12.1. The molecule has 108 valence electrons. The van der Waals surface area contributed by atoms with Gasteiger partial charge in [0.25, 0.3) is 20.2 Å². The topological polar surface area (TPSA) is 161 Å². The minimum atomic E-state index is -4.67. The first-order valence-electron chi connectivity index (χ1n) is 5.08. The summed E-state index contributed by atoms with van der Waals surface area (Å²) in [6.45, 7) is 0. The molecule has 2 aromatic rings. The minimum Gasteiger partial charge on any atom is -0.399 e. The summed E-state index contributed by atoms with van der Waals surface area (Å²) in [7, 11) is -9.29. The fourth-order valence-electron chi connectivity index (χ4n) is 1.90. The fourth-order valence-corrected chi connectivity index (χ4v) is 3.35. The Balaban J connectivity index is 0.00000220. The first kappa shape index (κ1) is 18.2. The third-order valence-electron chi connectivity index (χ3n) is 2.65. The summed E-state index contributed by atoms with van der Waals surface area (Å²) in [6.07, 6.45) is 0. The Labute approximate surface area is 142 Å². The number of fused-ring (bicyclic) bond motifs is 1. The van der Waals surface area contributed by atoms with E-state index in [1.54, 1.807) is 0 Å². The number of benzene rings is 2. The Bertz CT molecular complexity index is 924. The van der Waals surface area contributed by atoms with Crippen LogP contribution in [-0.4, -0.2) is 25.9 Å². The molecule has 0 bridgehead atoms. The first-order chi connectivity index (χ1) is 9.01. The van der Waals surface area contributed by atoms with Crippen LogP contribution in [-0.2, 0) is 20.2 Å². The van der Waals surface area contributed by atoms with Crippen LogP contribution in [0.3, 0.4) is 0 Å². The van der Waals surface area contributed by atoms with E-state index in [9.17, 15) is 21.4 Å². The van der Waals surface area contributed by atoms with Crippen LogP contribution in [0.1, 0.15) is 0 Å². The quantitative estimate of drug-likeness (QED) is 0.265. The van der Waals surface area contributed by atoms with Crippen LogP contribution in [0, 0.1) is 0 Å². The first-order valence-corrected chi connectivity index (χ1v) is 7.96. The van der Waals surface area contributed by atoms with E-state index in [-0.39, 0.29) is 51.7 Å². The number of nitrogen functional groups attached to an aromatic ring is 2. The molecule has 21 heavy (non-hydrogen) atoms. The predicted molar refractivity (Wildman–Crippen MR) is 72.4 cm³/mol. The van der Waals surface area contributed by atoms with Crippen molar-refractivity contribution in [2.75, 3.05) is 11.5 Å². The Morgan fingerprint density at radius 2 is 1.38 bits per heavy atom. The molecule has 0 amide bonds. The monoisotopic (exact) mass is 341 g/mol. The van der Waals surface area contributed by atoms with E-state index in [0.29, 0.717) is 0 Å². The summed E-state index contributed by atoms with van der Waals surface area (Å²) >= 11 is 0. The van der Waals surface area contributed by atoms with Crippen LogP contribution in [0.2, 0.25) is 0 Å². The van der Waals surface area contributed by atoms with Crippen molar-refractivity contribution in [2.45, 2.75) is 9.79 Å². The Hall–Kier alpha value is -0.880. The Morgan fingerprint density at radius 1 is 0.857 bits per heavy atom. The number of nitrogens with two attached hydrogens (primary N) is 2. The summed E-state index contributed by atoms with van der Waals surface area (Å²) < 4.78 is 63.6. The molecule has 2 rings (SSSR count). The molecule has 0 aliphatic heterocycles. The SMILES string of the molecule is Nc1cc(S(=O)(=O)O)c2c(N)ccc(S(=O)(=O)O)c2c1.[Na+]. The molecule has 8 nitrogen and oxygen atoms in total. The average Bonchev–Trinajstić information content (AvgIpc) is 2.24. The van der Waals surface area contributed by atoms with Gasteiger partial charge in [-0.2, -0.15) is 16.8 Å². The van der Waals surface area contributed by atoms with Crippen molar-refractivity contribution < 1.29 is 55.5 Å². The van der Waals surface area contributed by atoms with Crippen molar-refractivity contribution in [1.82, 2.24) is 0 Å². The summed E-state index contributed by atoms with van der Waals surface area (Å²) in [5.41, 5.74) is 10.9. The van der Waals surface area contributed by atoms with E-state index in [1.165, 1.54) is 0 Å². The minimum absolute atomic E-state index is 0. The molecule has 0 saturated carbocycles. The van der Waals surface area contributed by atoms with Gasteiger partial charge in [-0.05, 0) is 24.3 Å². The van der Waals surface area contributed by atoms with Crippen molar-refractivity contribution in [3.8, 4) is 0 Å². The van der Waals surface area contributed by atoms with E-state index in [0.717, 1.165) is 24.3 Å². The van der Waals surface area contributed by atoms with Crippen LogP contribution in [0.15, 0.2) is 34.1 Å². The maximum atomic E-state index is 11.3. The largest absolute Gasteiger partial charge is 1.00 e. The molecule has 0 aliphatic carbocycles. The molecule has 0 saturated heterocycles. The second-order valence-electron chi connectivity index (χ2n) is 4.04. The van der Waals surface area contributed by atoms with Gasteiger partial charge in [0.1, 0.15) is 9.79 Å². The number of anilines is 2. The van der Waals surface area contributed by atoms with Crippen molar-refractivity contribution in [2.24, 2.45) is 0 Å². The molecule has 0 fully saturated rings.